The second-order valence-corrected chi connectivity index (χ2v) is 5.45. The van der Waals surface area contributed by atoms with E-state index in [1.54, 1.807) is 12.5 Å². The van der Waals surface area contributed by atoms with Crippen LogP contribution in [-0.2, 0) is 11.2 Å². The van der Waals surface area contributed by atoms with E-state index in [4.69, 9.17) is 4.42 Å². The van der Waals surface area contributed by atoms with E-state index >= 15 is 0 Å². The predicted octanol–water partition coefficient (Wildman–Crippen LogP) is 1.79. The number of nitrogens with zero attached hydrogens (tertiary/aromatic N) is 3. The number of nitrogens with one attached hydrogen (secondary N) is 1. The minimum Gasteiger partial charge on any atom is -0.469 e. The zero-order chi connectivity index (χ0) is 15.2. The summed E-state index contributed by atoms with van der Waals surface area (Å²) in [4.78, 5) is 14.2. The Labute approximate surface area is 129 Å². The van der Waals surface area contributed by atoms with E-state index in [2.05, 4.69) is 20.4 Å². The number of hydrogen-bond acceptors (Lipinski definition) is 5. The van der Waals surface area contributed by atoms with E-state index in [-0.39, 0.29) is 5.91 Å². The van der Waals surface area contributed by atoms with Crippen LogP contribution in [0.5, 0.6) is 0 Å². The molecule has 6 heteroatoms. The second-order valence-electron chi connectivity index (χ2n) is 5.45. The number of rotatable bonds is 6. The van der Waals surface area contributed by atoms with E-state index < -0.39 is 0 Å². The summed E-state index contributed by atoms with van der Waals surface area (Å²) in [5.74, 6) is 1.79. The van der Waals surface area contributed by atoms with Gasteiger partial charge in [-0.1, -0.05) is 0 Å². The van der Waals surface area contributed by atoms with Gasteiger partial charge >= 0.3 is 0 Å². The lowest BCUT2D eigenvalue weighted by Gasteiger charge is -2.25. The monoisotopic (exact) mass is 300 g/mol. The first-order chi connectivity index (χ1) is 10.8. The highest BCUT2D eigenvalue weighted by Gasteiger charge is 2.26. The summed E-state index contributed by atoms with van der Waals surface area (Å²) in [5, 5.41) is 11.1. The van der Waals surface area contributed by atoms with Crippen LogP contribution in [0.25, 0.3) is 0 Å². The van der Waals surface area contributed by atoms with Gasteiger partial charge in [-0.3, -0.25) is 4.79 Å². The summed E-state index contributed by atoms with van der Waals surface area (Å²) >= 11 is 0. The smallest absolute Gasteiger partial charge is 0.220 e. The Morgan fingerprint density at radius 1 is 1.41 bits per heavy atom. The van der Waals surface area contributed by atoms with Crippen molar-refractivity contribution in [3.8, 4) is 0 Å². The van der Waals surface area contributed by atoms with Gasteiger partial charge in [0.25, 0.3) is 0 Å². The highest BCUT2D eigenvalue weighted by molar-refractivity contribution is 5.76. The topological polar surface area (TPSA) is 71.3 Å². The predicted molar refractivity (Wildman–Crippen MR) is 82.4 cm³/mol. The van der Waals surface area contributed by atoms with E-state index in [0.717, 1.165) is 31.0 Å². The molecule has 3 heterocycles. The van der Waals surface area contributed by atoms with Gasteiger partial charge in [-0.05, 0) is 37.1 Å². The van der Waals surface area contributed by atoms with Crippen LogP contribution in [0.15, 0.2) is 41.1 Å². The molecule has 0 aliphatic carbocycles. The number of amides is 1. The standard InChI is InChI=1S/C16H20N4O2/c21-16(8-7-14-5-3-11-22-14)17-12-13-4-2-10-20(13)15-6-1-9-18-19-15/h1,3,5-6,9,11,13H,2,4,7-8,10,12H2,(H,17,21)/t13-/m0/s1. The number of carbonyl (C=O) groups is 1. The number of aryl methyl sites for hydroxylation is 1. The fourth-order valence-corrected chi connectivity index (χ4v) is 2.81. The van der Waals surface area contributed by atoms with Gasteiger partial charge in [0.1, 0.15) is 5.76 Å². The van der Waals surface area contributed by atoms with Gasteiger partial charge in [0.2, 0.25) is 5.91 Å². The van der Waals surface area contributed by atoms with E-state index in [1.165, 1.54) is 0 Å². The third-order valence-electron chi connectivity index (χ3n) is 3.94. The van der Waals surface area contributed by atoms with E-state index in [1.807, 2.05) is 24.3 Å². The first-order valence-electron chi connectivity index (χ1n) is 7.66. The van der Waals surface area contributed by atoms with Crippen LogP contribution in [0.1, 0.15) is 25.0 Å². The number of carbonyl (C=O) groups excluding carboxylic acids is 1. The molecule has 2 aromatic heterocycles. The van der Waals surface area contributed by atoms with E-state index in [0.29, 0.717) is 25.4 Å². The molecule has 0 aromatic carbocycles. The molecule has 1 atom stereocenters. The van der Waals surface area contributed by atoms with E-state index in [9.17, 15) is 4.79 Å². The minimum absolute atomic E-state index is 0.0578. The number of anilines is 1. The lowest BCUT2D eigenvalue weighted by Crippen LogP contribution is -2.40. The van der Waals surface area contributed by atoms with Crippen LogP contribution in [0, 0.1) is 0 Å². The molecule has 6 nitrogen and oxygen atoms in total. The molecule has 0 unspecified atom stereocenters. The molecule has 0 radical (unpaired) electrons. The maximum absolute atomic E-state index is 11.9. The van der Waals surface area contributed by atoms with Crippen molar-refractivity contribution in [2.75, 3.05) is 18.0 Å². The summed E-state index contributed by atoms with van der Waals surface area (Å²) in [7, 11) is 0. The Morgan fingerprint density at radius 3 is 3.14 bits per heavy atom. The van der Waals surface area contributed by atoms with Gasteiger partial charge < -0.3 is 14.6 Å². The third-order valence-corrected chi connectivity index (χ3v) is 3.94. The molecule has 0 saturated carbocycles. The Morgan fingerprint density at radius 2 is 2.36 bits per heavy atom. The lowest BCUT2D eigenvalue weighted by atomic mass is 10.2. The maximum atomic E-state index is 11.9. The molecule has 1 aliphatic rings. The quantitative estimate of drug-likeness (QED) is 0.880. The molecular formula is C16H20N4O2. The van der Waals surface area contributed by atoms with Crippen molar-refractivity contribution >= 4 is 11.7 Å². The Balaban J connectivity index is 1.47. The number of furan rings is 1. The average Bonchev–Trinajstić information content (AvgIpc) is 3.23. The molecular weight excluding hydrogens is 280 g/mol. The van der Waals surface area contributed by atoms with Crippen molar-refractivity contribution in [1.29, 1.82) is 0 Å². The van der Waals surface area contributed by atoms with Crippen molar-refractivity contribution in [2.45, 2.75) is 31.7 Å². The summed E-state index contributed by atoms with van der Waals surface area (Å²) in [6.45, 7) is 1.61. The van der Waals surface area contributed by atoms with Gasteiger partial charge in [-0.2, -0.15) is 5.10 Å². The lowest BCUT2D eigenvalue weighted by molar-refractivity contribution is -0.121. The SMILES string of the molecule is O=C(CCc1ccco1)NC[C@@H]1CCCN1c1cccnn1. The average molecular weight is 300 g/mol. The van der Waals surface area contributed by atoms with Crippen molar-refractivity contribution in [3.05, 3.63) is 42.5 Å². The molecule has 0 spiro atoms. The van der Waals surface area contributed by atoms with Crippen LogP contribution in [0.2, 0.25) is 0 Å². The van der Waals surface area contributed by atoms with Gasteiger partial charge in [-0.25, -0.2) is 0 Å². The summed E-state index contributed by atoms with van der Waals surface area (Å²) in [5.41, 5.74) is 0. The zero-order valence-corrected chi connectivity index (χ0v) is 12.4. The van der Waals surface area contributed by atoms with Gasteiger partial charge in [0.05, 0.1) is 6.26 Å². The summed E-state index contributed by atoms with van der Waals surface area (Å²) in [6, 6.07) is 7.87. The largest absolute Gasteiger partial charge is 0.469 e. The second kappa shape index (κ2) is 7.06. The van der Waals surface area contributed by atoms with Crippen LogP contribution < -0.4 is 10.2 Å². The van der Waals surface area contributed by atoms with Gasteiger partial charge in [0.15, 0.2) is 5.82 Å². The van der Waals surface area contributed by atoms with Crippen LogP contribution >= 0.6 is 0 Å². The zero-order valence-electron chi connectivity index (χ0n) is 12.4. The minimum atomic E-state index is 0.0578. The highest BCUT2D eigenvalue weighted by Crippen LogP contribution is 2.22. The molecule has 1 aliphatic heterocycles. The molecule has 1 N–H and O–H groups in total. The molecule has 1 amide bonds. The Bertz CT molecular complexity index is 585. The van der Waals surface area contributed by atoms with Crippen LogP contribution in [0.3, 0.4) is 0 Å². The third kappa shape index (κ3) is 3.63. The van der Waals surface area contributed by atoms with Crippen molar-refractivity contribution in [3.63, 3.8) is 0 Å². The maximum Gasteiger partial charge on any atom is 0.220 e. The van der Waals surface area contributed by atoms with Crippen molar-refractivity contribution in [2.24, 2.45) is 0 Å². The molecule has 1 saturated heterocycles. The fourth-order valence-electron chi connectivity index (χ4n) is 2.81. The summed E-state index contributed by atoms with van der Waals surface area (Å²) < 4.78 is 5.23. The number of hydrogen-bond donors (Lipinski definition) is 1. The van der Waals surface area contributed by atoms with Crippen molar-refractivity contribution < 1.29 is 9.21 Å². The van der Waals surface area contributed by atoms with Crippen LogP contribution in [0.4, 0.5) is 5.82 Å². The molecule has 1 fully saturated rings. The molecule has 2 aromatic rings. The molecule has 116 valence electrons. The first-order valence-corrected chi connectivity index (χ1v) is 7.66. The van der Waals surface area contributed by atoms with Gasteiger partial charge in [-0.15, -0.1) is 5.10 Å². The normalized spacial score (nSPS) is 17.6. The fraction of sp³-hybridized carbons (Fsp3) is 0.438. The molecule has 22 heavy (non-hydrogen) atoms. The molecule has 0 bridgehead atoms. The Kier molecular flexibility index (Phi) is 4.68. The van der Waals surface area contributed by atoms with Crippen LogP contribution in [-0.4, -0.2) is 35.2 Å². The highest BCUT2D eigenvalue weighted by atomic mass is 16.3. The summed E-state index contributed by atoms with van der Waals surface area (Å²) in [6.07, 6.45) is 6.57. The first kappa shape index (κ1) is 14.6. The van der Waals surface area contributed by atoms with Gasteiger partial charge in [0, 0.05) is 38.2 Å². The van der Waals surface area contributed by atoms with Crippen molar-refractivity contribution in [1.82, 2.24) is 15.5 Å². The Hall–Kier alpha value is -2.37. The number of aromatic nitrogens is 2. The molecule has 3 rings (SSSR count).